The molecule has 11 heavy (non-hydrogen) atoms. The average Bonchev–Trinajstić information content (AvgIpc) is 2.03. The summed E-state index contributed by atoms with van der Waals surface area (Å²) in [7, 11) is 0. The highest BCUT2D eigenvalue weighted by atomic mass is 35.5. The standard InChI is InChI=1S/C8H12ClNO/c9-8(11)2-1-7-3-5-10-6-4-7/h1-2,7,10H,3-6H2/b2-1+. The highest BCUT2D eigenvalue weighted by Gasteiger charge is 2.08. The summed E-state index contributed by atoms with van der Waals surface area (Å²) in [5.74, 6) is 0.541. The van der Waals surface area contributed by atoms with Crippen LogP contribution in [0.2, 0.25) is 0 Å². The first-order valence-corrected chi connectivity index (χ1v) is 4.25. The zero-order chi connectivity index (χ0) is 8.10. The molecule has 1 N–H and O–H groups in total. The molecule has 1 aliphatic rings. The monoisotopic (exact) mass is 173 g/mol. The predicted octanol–water partition coefficient (Wildman–Crippen LogP) is 1.31. The molecule has 1 fully saturated rings. The van der Waals surface area contributed by atoms with Gasteiger partial charge in [0, 0.05) is 0 Å². The van der Waals surface area contributed by atoms with E-state index >= 15 is 0 Å². The molecular formula is C8H12ClNO. The maximum absolute atomic E-state index is 10.3. The molecule has 0 bridgehead atoms. The number of nitrogens with one attached hydrogen (secondary N) is 1. The fourth-order valence-corrected chi connectivity index (χ4v) is 1.32. The van der Waals surface area contributed by atoms with Gasteiger partial charge < -0.3 is 5.32 Å². The van der Waals surface area contributed by atoms with Crippen LogP contribution in [-0.2, 0) is 4.79 Å². The molecule has 0 aromatic heterocycles. The molecule has 2 nitrogen and oxygen atoms in total. The lowest BCUT2D eigenvalue weighted by Crippen LogP contribution is -2.26. The Labute approximate surface area is 71.6 Å². The number of rotatable bonds is 2. The third kappa shape index (κ3) is 3.54. The zero-order valence-corrected chi connectivity index (χ0v) is 7.10. The number of carbonyl (C=O) groups excluding carboxylic acids is 1. The predicted molar refractivity (Wildman–Crippen MR) is 45.6 cm³/mol. The Hall–Kier alpha value is -0.340. The Balaban J connectivity index is 2.29. The summed E-state index contributed by atoms with van der Waals surface area (Å²) in [4.78, 5) is 10.3. The van der Waals surface area contributed by atoms with Crippen LogP contribution < -0.4 is 5.32 Å². The first kappa shape index (κ1) is 8.75. The Morgan fingerprint density at radius 2 is 2.09 bits per heavy atom. The van der Waals surface area contributed by atoms with E-state index in [1.165, 1.54) is 6.08 Å². The molecule has 1 saturated heterocycles. The normalized spacial score (nSPS) is 20.8. The van der Waals surface area contributed by atoms with E-state index in [-0.39, 0.29) is 5.24 Å². The van der Waals surface area contributed by atoms with Gasteiger partial charge in [-0.2, -0.15) is 0 Å². The molecule has 0 unspecified atom stereocenters. The SMILES string of the molecule is O=C(Cl)/C=C/C1CCNCC1. The summed E-state index contributed by atoms with van der Waals surface area (Å²) in [6.07, 6.45) is 5.59. The maximum atomic E-state index is 10.3. The Bertz CT molecular complexity index is 161. The molecule has 1 heterocycles. The molecule has 0 amide bonds. The number of hydrogen-bond donors (Lipinski definition) is 1. The second-order valence-electron chi connectivity index (χ2n) is 2.75. The molecule has 0 aromatic rings. The van der Waals surface area contributed by atoms with Gasteiger partial charge in [0.2, 0.25) is 5.24 Å². The molecule has 1 aliphatic heterocycles. The van der Waals surface area contributed by atoms with Crippen molar-refractivity contribution in [1.82, 2.24) is 5.32 Å². The average molecular weight is 174 g/mol. The van der Waals surface area contributed by atoms with Gasteiger partial charge in [-0.25, -0.2) is 0 Å². The zero-order valence-electron chi connectivity index (χ0n) is 6.35. The second kappa shape index (κ2) is 4.52. The number of halogens is 1. The summed E-state index contributed by atoms with van der Waals surface area (Å²) in [5.41, 5.74) is 0. The van der Waals surface area contributed by atoms with Crippen LogP contribution in [0.25, 0.3) is 0 Å². The van der Waals surface area contributed by atoms with Crippen LogP contribution in [-0.4, -0.2) is 18.3 Å². The van der Waals surface area contributed by atoms with E-state index < -0.39 is 0 Å². The van der Waals surface area contributed by atoms with Crippen molar-refractivity contribution in [1.29, 1.82) is 0 Å². The van der Waals surface area contributed by atoms with Crippen molar-refractivity contribution in [2.75, 3.05) is 13.1 Å². The third-order valence-corrected chi connectivity index (χ3v) is 2.01. The van der Waals surface area contributed by atoms with E-state index in [0.29, 0.717) is 5.92 Å². The molecule has 0 aromatic carbocycles. The number of allylic oxidation sites excluding steroid dienone is 2. The van der Waals surface area contributed by atoms with Crippen LogP contribution in [0.15, 0.2) is 12.2 Å². The van der Waals surface area contributed by atoms with Crippen LogP contribution in [0, 0.1) is 5.92 Å². The van der Waals surface area contributed by atoms with Gasteiger partial charge in [0.1, 0.15) is 0 Å². The lowest BCUT2D eigenvalue weighted by Gasteiger charge is -2.18. The molecule has 0 spiro atoms. The van der Waals surface area contributed by atoms with Crippen LogP contribution in [0.5, 0.6) is 0 Å². The van der Waals surface area contributed by atoms with Gasteiger partial charge in [-0.15, -0.1) is 0 Å². The van der Waals surface area contributed by atoms with Gasteiger partial charge in [-0.05, 0) is 49.5 Å². The van der Waals surface area contributed by atoms with Crippen molar-refractivity contribution < 1.29 is 4.79 Å². The molecule has 0 radical (unpaired) electrons. The van der Waals surface area contributed by atoms with Gasteiger partial charge in [0.05, 0.1) is 0 Å². The highest BCUT2D eigenvalue weighted by molar-refractivity contribution is 6.66. The van der Waals surface area contributed by atoms with Crippen molar-refractivity contribution >= 4 is 16.8 Å². The minimum Gasteiger partial charge on any atom is -0.317 e. The van der Waals surface area contributed by atoms with Gasteiger partial charge in [0.25, 0.3) is 0 Å². The Kier molecular flexibility index (Phi) is 3.60. The maximum Gasteiger partial charge on any atom is 0.244 e. The minimum atomic E-state index is -0.372. The van der Waals surface area contributed by atoms with Crippen LogP contribution in [0.4, 0.5) is 0 Å². The van der Waals surface area contributed by atoms with Crippen molar-refractivity contribution in [3.05, 3.63) is 12.2 Å². The van der Waals surface area contributed by atoms with Crippen LogP contribution in [0.1, 0.15) is 12.8 Å². The summed E-state index contributed by atoms with van der Waals surface area (Å²) < 4.78 is 0. The van der Waals surface area contributed by atoms with E-state index in [2.05, 4.69) is 5.32 Å². The summed E-state index contributed by atoms with van der Waals surface area (Å²) in [6.45, 7) is 2.09. The first-order valence-electron chi connectivity index (χ1n) is 3.87. The molecular weight excluding hydrogens is 162 g/mol. The number of carbonyl (C=O) groups is 1. The second-order valence-corrected chi connectivity index (χ2v) is 3.12. The van der Waals surface area contributed by atoms with E-state index in [1.54, 1.807) is 0 Å². The molecule has 1 rings (SSSR count). The van der Waals surface area contributed by atoms with E-state index in [1.807, 2.05) is 6.08 Å². The molecule has 3 heteroatoms. The van der Waals surface area contributed by atoms with E-state index in [4.69, 9.17) is 11.6 Å². The molecule has 0 aliphatic carbocycles. The fraction of sp³-hybridized carbons (Fsp3) is 0.625. The topological polar surface area (TPSA) is 29.1 Å². The van der Waals surface area contributed by atoms with Crippen molar-refractivity contribution in [2.24, 2.45) is 5.92 Å². The van der Waals surface area contributed by atoms with E-state index in [9.17, 15) is 4.79 Å². The summed E-state index contributed by atoms with van der Waals surface area (Å²) in [6, 6.07) is 0. The van der Waals surface area contributed by atoms with Crippen molar-refractivity contribution in [3.8, 4) is 0 Å². The molecule has 0 atom stereocenters. The van der Waals surface area contributed by atoms with E-state index in [0.717, 1.165) is 25.9 Å². The van der Waals surface area contributed by atoms with Crippen LogP contribution in [0.3, 0.4) is 0 Å². The quantitative estimate of drug-likeness (QED) is 0.504. The van der Waals surface area contributed by atoms with Gasteiger partial charge in [-0.1, -0.05) is 6.08 Å². The van der Waals surface area contributed by atoms with Crippen LogP contribution >= 0.6 is 11.6 Å². The Morgan fingerprint density at radius 3 is 2.64 bits per heavy atom. The largest absolute Gasteiger partial charge is 0.317 e. The van der Waals surface area contributed by atoms with Gasteiger partial charge in [0.15, 0.2) is 0 Å². The lowest BCUT2D eigenvalue weighted by molar-refractivity contribution is -0.107. The minimum absolute atomic E-state index is 0.372. The molecule has 62 valence electrons. The summed E-state index contributed by atoms with van der Waals surface area (Å²) >= 11 is 5.16. The number of hydrogen-bond acceptors (Lipinski definition) is 2. The fourth-order valence-electron chi connectivity index (χ4n) is 1.25. The van der Waals surface area contributed by atoms with Gasteiger partial charge in [-0.3, -0.25) is 4.79 Å². The smallest absolute Gasteiger partial charge is 0.244 e. The first-order chi connectivity index (χ1) is 5.29. The van der Waals surface area contributed by atoms with Gasteiger partial charge >= 0.3 is 0 Å². The molecule has 0 saturated carbocycles. The lowest BCUT2D eigenvalue weighted by atomic mass is 9.98. The Morgan fingerprint density at radius 1 is 1.45 bits per heavy atom. The third-order valence-electron chi connectivity index (χ3n) is 1.88. The summed E-state index contributed by atoms with van der Waals surface area (Å²) in [5, 5.41) is 2.88. The van der Waals surface area contributed by atoms with Crippen molar-refractivity contribution in [2.45, 2.75) is 12.8 Å². The number of piperidine rings is 1. The van der Waals surface area contributed by atoms with Crippen molar-refractivity contribution in [3.63, 3.8) is 0 Å². The highest BCUT2D eigenvalue weighted by Crippen LogP contribution is 2.12.